The first kappa shape index (κ1) is 20.2. The number of nitrogens with two attached hydrogens (primary N) is 1. The number of ether oxygens (including phenoxy) is 1. The fourth-order valence-corrected chi connectivity index (χ4v) is 3.99. The molecule has 0 saturated carbocycles. The van der Waals surface area contributed by atoms with Crippen LogP contribution >= 0.6 is 11.6 Å². The molecule has 1 aromatic heterocycles. The minimum absolute atomic E-state index is 0.0431. The minimum Gasteiger partial charge on any atom is -0.497 e. The van der Waals surface area contributed by atoms with Crippen molar-refractivity contribution in [2.24, 2.45) is 5.14 Å². The van der Waals surface area contributed by atoms with E-state index < -0.39 is 10.0 Å². The SMILES string of the molecule is COc1ccc(-c2c(-c3ccc(S(N)(=O)=O)cc3)oc3ccccc3c2=O)c(Cl)c1. The van der Waals surface area contributed by atoms with E-state index in [2.05, 4.69) is 0 Å². The summed E-state index contributed by atoms with van der Waals surface area (Å²) in [5.41, 5.74) is 1.40. The highest BCUT2D eigenvalue weighted by atomic mass is 35.5. The summed E-state index contributed by atoms with van der Waals surface area (Å²) in [5.74, 6) is 0.819. The van der Waals surface area contributed by atoms with Gasteiger partial charge in [0.25, 0.3) is 0 Å². The first-order valence-corrected chi connectivity index (χ1v) is 10.7. The van der Waals surface area contributed by atoms with Gasteiger partial charge in [0.15, 0.2) is 0 Å². The predicted octanol–water partition coefficient (Wildman–Crippen LogP) is 4.44. The molecule has 0 aliphatic carbocycles. The molecule has 152 valence electrons. The van der Waals surface area contributed by atoms with Crippen LogP contribution in [0.3, 0.4) is 0 Å². The van der Waals surface area contributed by atoms with Gasteiger partial charge in [-0.15, -0.1) is 0 Å². The lowest BCUT2D eigenvalue weighted by molar-refractivity contribution is 0.415. The molecular weight excluding hydrogens is 426 g/mol. The van der Waals surface area contributed by atoms with Gasteiger partial charge in [0, 0.05) is 11.1 Å². The molecule has 0 saturated heterocycles. The molecule has 0 spiro atoms. The molecule has 30 heavy (non-hydrogen) atoms. The summed E-state index contributed by atoms with van der Waals surface area (Å²) in [6.07, 6.45) is 0. The first-order valence-electron chi connectivity index (χ1n) is 8.82. The van der Waals surface area contributed by atoms with Gasteiger partial charge >= 0.3 is 0 Å². The van der Waals surface area contributed by atoms with E-state index >= 15 is 0 Å². The van der Waals surface area contributed by atoms with Gasteiger partial charge in [-0.3, -0.25) is 4.79 Å². The molecule has 0 bridgehead atoms. The number of primary sulfonamides is 1. The second-order valence-corrected chi connectivity index (χ2v) is 8.52. The monoisotopic (exact) mass is 441 g/mol. The number of fused-ring (bicyclic) bond motifs is 1. The van der Waals surface area contributed by atoms with Crippen LogP contribution in [0.25, 0.3) is 33.4 Å². The van der Waals surface area contributed by atoms with Crippen molar-refractivity contribution >= 4 is 32.6 Å². The van der Waals surface area contributed by atoms with E-state index in [1.807, 2.05) is 0 Å². The van der Waals surface area contributed by atoms with Crippen molar-refractivity contribution in [2.45, 2.75) is 4.90 Å². The van der Waals surface area contributed by atoms with Gasteiger partial charge in [-0.05, 0) is 54.6 Å². The zero-order chi connectivity index (χ0) is 21.5. The van der Waals surface area contributed by atoms with E-state index in [1.54, 1.807) is 42.5 Å². The summed E-state index contributed by atoms with van der Waals surface area (Å²) >= 11 is 6.45. The van der Waals surface area contributed by atoms with Crippen molar-refractivity contribution in [2.75, 3.05) is 7.11 Å². The van der Waals surface area contributed by atoms with Crippen molar-refractivity contribution in [1.29, 1.82) is 0 Å². The molecule has 4 aromatic rings. The maximum atomic E-state index is 13.4. The van der Waals surface area contributed by atoms with Gasteiger partial charge < -0.3 is 9.15 Å². The van der Waals surface area contributed by atoms with E-state index in [9.17, 15) is 13.2 Å². The Balaban J connectivity index is 2.04. The first-order chi connectivity index (χ1) is 14.3. The van der Waals surface area contributed by atoms with Gasteiger partial charge in [-0.2, -0.15) is 0 Å². The summed E-state index contributed by atoms with van der Waals surface area (Å²) in [6.45, 7) is 0. The number of benzene rings is 3. The Morgan fingerprint density at radius 1 is 1.00 bits per heavy atom. The number of sulfonamides is 1. The molecule has 6 nitrogen and oxygen atoms in total. The van der Waals surface area contributed by atoms with Crippen LogP contribution in [0, 0.1) is 0 Å². The molecule has 0 radical (unpaired) electrons. The zero-order valence-electron chi connectivity index (χ0n) is 15.8. The molecular formula is C22H16ClNO5S. The van der Waals surface area contributed by atoms with Crippen LogP contribution in [0.2, 0.25) is 5.02 Å². The Labute approximate surface area is 177 Å². The van der Waals surface area contributed by atoms with E-state index in [0.29, 0.717) is 32.9 Å². The smallest absolute Gasteiger partial charge is 0.238 e. The van der Waals surface area contributed by atoms with Gasteiger partial charge in [0.2, 0.25) is 15.5 Å². The average Bonchev–Trinajstić information content (AvgIpc) is 2.73. The zero-order valence-corrected chi connectivity index (χ0v) is 17.3. The quantitative estimate of drug-likeness (QED) is 0.504. The van der Waals surface area contributed by atoms with Crippen LogP contribution in [0.1, 0.15) is 0 Å². The van der Waals surface area contributed by atoms with Crippen molar-refractivity contribution < 1.29 is 17.6 Å². The van der Waals surface area contributed by atoms with E-state index in [1.165, 1.54) is 31.4 Å². The number of hydrogen-bond acceptors (Lipinski definition) is 5. The van der Waals surface area contributed by atoms with Gasteiger partial charge in [0.05, 0.1) is 28.0 Å². The fraction of sp³-hybridized carbons (Fsp3) is 0.0455. The maximum absolute atomic E-state index is 13.4. The number of methoxy groups -OCH3 is 1. The molecule has 0 unspecified atom stereocenters. The largest absolute Gasteiger partial charge is 0.497 e. The summed E-state index contributed by atoms with van der Waals surface area (Å²) in [5, 5.41) is 5.91. The maximum Gasteiger partial charge on any atom is 0.238 e. The molecule has 0 atom stereocenters. The van der Waals surface area contributed by atoms with Crippen LogP contribution < -0.4 is 15.3 Å². The van der Waals surface area contributed by atoms with Crippen molar-refractivity contribution in [1.82, 2.24) is 0 Å². The van der Waals surface area contributed by atoms with Crippen LogP contribution in [0.15, 0.2) is 80.8 Å². The van der Waals surface area contributed by atoms with E-state index in [-0.39, 0.29) is 21.6 Å². The topological polar surface area (TPSA) is 99.6 Å². The molecule has 2 N–H and O–H groups in total. The third-order valence-electron chi connectivity index (χ3n) is 4.69. The van der Waals surface area contributed by atoms with Gasteiger partial charge in [-0.1, -0.05) is 23.7 Å². The minimum atomic E-state index is -3.85. The number of halogens is 1. The molecule has 3 aromatic carbocycles. The molecule has 0 aliphatic rings. The Bertz CT molecular complexity index is 1430. The van der Waals surface area contributed by atoms with Crippen LogP contribution in [-0.4, -0.2) is 15.5 Å². The molecule has 0 fully saturated rings. The van der Waals surface area contributed by atoms with Crippen LogP contribution in [0.5, 0.6) is 5.75 Å². The molecule has 8 heteroatoms. The van der Waals surface area contributed by atoms with Crippen LogP contribution in [-0.2, 0) is 10.0 Å². The van der Waals surface area contributed by atoms with E-state index in [0.717, 1.165) is 0 Å². The standard InChI is InChI=1S/C22H16ClNO5S/c1-28-14-8-11-16(18(23)12-14)20-21(25)17-4-2-3-5-19(17)29-22(20)13-6-9-15(10-7-13)30(24,26)27/h2-12H,1H3,(H2,24,26,27). The van der Waals surface area contributed by atoms with Crippen molar-refractivity contribution in [3.63, 3.8) is 0 Å². The lowest BCUT2D eigenvalue weighted by atomic mass is 9.98. The summed E-state index contributed by atoms with van der Waals surface area (Å²) in [4.78, 5) is 13.3. The molecule has 0 aliphatic heterocycles. The number of hydrogen-bond donors (Lipinski definition) is 1. The summed E-state index contributed by atoms with van der Waals surface area (Å²) < 4.78 is 34.4. The second-order valence-electron chi connectivity index (χ2n) is 6.55. The molecule has 4 rings (SSSR count). The predicted molar refractivity (Wildman–Crippen MR) is 116 cm³/mol. The Hall–Kier alpha value is -3.13. The van der Waals surface area contributed by atoms with Crippen molar-refractivity contribution in [3.05, 3.63) is 82.0 Å². The van der Waals surface area contributed by atoms with Gasteiger partial charge in [0.1, 0.15) is 17.1 Å². The fourth-order valence-electron chi connectivity index (χ4n) is 3.21. The molecule has 0 amide bonds. The second kappa shape index (κ2) is 7.60. The average molecular weight is 442 g/mol. The summed E-state index contributed by atoms with van der Waals surface area (Å²) in [6, 6.07) is 17.7. The van der Waals surface area contributed by atoms with Gasteiger partial charge in [-0.25, -0.2) is 13.6 Å². The third kappa shape index (κ3) is 3.59. The highest BCUT2D eigenvalue weighted by Crippen LogP contribution is 2.37. The Morgan fingerprint density at radius 3 is 2.33 bits per heavy atom. The molecule has 1 heterocycles. The Kier molecular flexibility index (Phi) is 5.11. The lowest BCUT2D eigenvalue weighted by Crippen LogP contribution is -2.12. The third-order valence-corrected chi connectivity index (χ3v) is 5.93. The highest BCUT2D eigenvalue weighted by molar-refractivity contribution is 7.89. The Morgan fingerprint density at radius 2 is 1.70 bits per heavy atom. The number of rotatable bonds is 4. The highest BCUT2D eigenvalue weighted by Gasteiger charge is 2.20. The summed E-state index contributed by atoms with van der Waals surface area (Å²) in [7, 11) is -2.33. The van der Waals surface area contributed by atoms with Crippen molar-refractivity contribution in [3.8, 4) is 28.2 Å². The number of para-hydroxylation sites is 1. The normalized spacial score (nSPS) is 11.6. The lowest BCUT2D eigenvalue weighted by Gasteiger charge is -2.13. The van der Waals surface area contributed by atoms with E-state index in [4.69, 9.17) is 25.9 Å². The van der Waals surface area contributed by atoms with Crippen LogP contribution in [0.4, 0.5) is 0 Å².